The molecule has 0 bridgehead atoms. The maximum Gasteiger partial charge on any atom is 0.262 e. The maximum atomic E-state index is 11.1. The van der Waals surface area contributed by atoms with Crippen LogP contribution in [0, 0.1) is 9.93 Å². The molecule has 2 N–H and O–H groups in total. The van der Waals surface area contributed by atoms with Gasteiger partial charge in [-0.1, -0.05) is 0 Å². The third kappa shape index (κ3) is 2.64. The van der Waals surface area contributed by atoms with E-state index < -0.39 is 4.75 Å². The van der Waals surface area contributed by atoms with Gasteiger partial charge in [-0.3, -0.25) is 10.0 Å². The highest BCUT2D eigenvalue weighted by atomic mass is 32.2. The lowest BCUT2D eigenvalue weighted by atomic mass is 10.1. The fourth-order valence-electron chi connectivity index (χ4n) is 1.08. The number of hydroxylamine groups is 1. The second-order valence-corrected chi connectivity index (χ2v) is 3.63. The molecule has 0 aliphatic carbocycles. The van der Waals surface area contributed by atoms with Gasteiger partial charge in [0.2, 0.25) is 0 Å². The molecule has 1 unspecified atom stereocenters. The summed E-state index contributed by atoms with van der Waals surface area (Å²) in [4.78, 5) is 25.1. The van der Waals surface area contributed by atoms with E-state index in [0.717, 1.165) is 0 Å². The van der Waals surface area contributed by atoms with Crippen molar-refractivity contribution in [2.24, 2.45) is 0 Å². The van der Waals surface area contributed by atoms with Crippen LogP contribution in [0.2, 0.25) is 0 Å². The maximum absolute atomic E-state index is 11.1. The molecule has 1 rings (SSSR count). The topological polar surface area (TPSA) is 92.7 Å². The predicted molar refractivity (Wildman–Crippen MR) is 48.3 cm³/mol. The van der Waals surface area contributed by atoms with Crippen molar-refractivity contribution < 1.29 is 14.7 Å². The Morgan fingerprint density at radius 2 is 2.23 bits per heavy atom. The Bertz CT molecular complexity index is 170. The molecule has 1 saturated heterocycles. The summed E-state index contributed by atoms with van der Waals surface area (Å²) in [6.07, 6.45) is 2.50. The van der Waals surface area contributed by atoms with Crippen LogP contribution in [0.15, 0.2) is 0 Å². The second-order valence-electron chi connectivity index (χ2n) is 2.44. The Morgan fingerprint density at radius 3 is 2.54 bits per heavy atom. The number of hydrogen-bond donors (Lipinski definition) is 2. The molecule has 1 aliphatic heterocycles. The molecule has 6 nitrogen and oxygen atoms in total. The van der Waals surface area contributed by atoms with Crippen molar-refractivity contribution in [3.63, 3.8) is 0 Å². The molecule has 1 atom stereocenters. The van der Waals surface area contributed by atoms with E-state index in [1.54, 1.807) is 5.48 Å². The predicted octanol–water partition coefficient (Wildman–Crippen LogP) is 0.0809. The van der Waals surface area contributed by atoms with Crippen molar-refractivity contribution in [2.75, 3.05) is 19.5 Å². The normalized spacial score (nSPS) is 26.0. The molecule has 0 saturated carbocycles. The quantitative estimate of drug-likeness (QED) is 0.494. The summed E-state index contributed by atoms with van der Waals surface area (Å²) < 4.78 is 4.52. The molecule has 1 amide bonds. The van der Waals surface area contributed by atoms with Gasteiger partial charge in [0.05, 0.1) is 6.61 Å². The molecule has 0 aromatic rings. The van der Waals surface area contributed by atoms with Gasteiger partial charge in [0.1, 0.15) is 4.75 Å². The van der Waals surface area contributed by atoms with Crippen molar-refractivity contribution in [1.82, 2.24) is 5.48 Å². The summed E-state index contributed by atoms with van der Waals surface area (Å²) in [5, 5.41) is 8.42. The van der Waals surface area contributed by atoms with Crippen LogP contribution in [-0.4, -0.2) is 35.3 Å². The Balaban J connectivity index is 0.000000671. The van der Waals surface area contributed by atoms with Gasteiger partial charge in [-0.05, 0) is 12.7 Å². The lowest BCUT2D eigenvalue weighted by Crippen LogP contribution is -2.43. The van der Waals surface area contributed by atoms with E-state index in [9.17, 15) is 4.79 Å². The third-order valence-electron chi connectivity index (χ3n) is 1.89. The van der Waals surface area contributed by atoms with Crippen molar-refractivity contribution in [3.8, 4) is 0 Å². The molecular weight excluding hydrogens is 198 g/mol. The van der Waals surface area contributed by atoms with Crippen LogP contribution >= 0.6 is 11.8 Å². The number of rotatable bonds is 2. The Hall–Kier alpha value is -0.660. The van der Waals surface area contributed by atoms with Crippen molar-refractivity contribution in [1.29, 1.82) is 0 Å². The first kappa shape index (κ1) is 12.3. The standard InChI is InChI=1S/C6H11NO3S.O2/c1-11-6(5(8)7-9)2-3-10-4-6;1-2/h9H,2-4H2,1H3,(H,7,8);. The number of nitrogens with one attached hydrogen (secondary N) is 1. The average molecular weight is 209 g/mol. The lowest BCUT2D eigenvalue weighted by Gasteiger charge is -2.21. The van der Waals surface area contributed by atoms with Gasteiger partial charge in [-0.2, -0.15) is 0 Å². The zero-order valence-corrected chi connectivity index (χ0v) is 7.93. The molecule has 1 heterocycles. The second kappa shape index (κ2) is 5.90. The van der Waals surface area contributed by atoms with Crippen molar-refractivity contribution in [3.05, 3.63) is 9.93 Å². The fourth-order valence-corrected chi connectivity index (χ4v) is 1.80. The first-order chi connectivity index (χ1) is 6.25. The van der Waals surface area contributed by atoms with Crippen LogP contribution in [-0.2, 0) is 9.53 Å². The van der Waals surface area contributed by atoms with E-state index in [-0.39, 0.29) is 5.91 Å². The van der Waals surface area contributed by atoms with Crippen LogP contribution in [0.25, 0.3) is 0 Å². The highest BCUT2D eigenvalue weighted by Crippen LogP contribution is 2.31. The molecule has 0 aromatic heterocycles. The van der Waals surface area contributed by atoms with E-state index in [0.29, 0.717) is 19.6 Å². The first-order valence-electron chi connectivity index (χ1n) is 3.49. The summed E-state index contributed by atoms with van der Waals surface area (Å²) in [6.45, 7) is 0.981. The molecule has 1 fully saturated rings. The third-order valence-corrected chi connectivity index (χ3v) is 3.18. The van der Waals surface area contributed by atoms with Gasteiger partial charge < -0.3 is 4.74 Å². The number of thioether (sulfide) groups is 1. The van der Waals surface area contributed by atoms with Gasteiger partial charge in [-0.15, -0.1) is 11.8 Å². The molecule has 76 valence electrons. The molecular formula is C6H11NO5S. The minimum absolute atomic E-state index is 0.359. The minimum Gasteiger partial charge on any atom is -0.379 e. The summed E-state index contributed by atoms with van der Waals surface area (Å²) in [6, 6.07) is 0. The largest absolute Gasteiger partial charge is 0.379 e. The summed E-state index contributed by atoms with van der Waals surface area (Å²) in [5.74, 6) is -0.359. The molecule has 13 heavy (non-hydrogen) atoms. The Labute approximate surface area is 79.2 Å². The van der Waals surface area contributed by atoms with Crippen LogP contribution in [0.4, 0.5) is 0 Å². The van der Waals surface area contributed by atoms with E-state index in [1.165, 1.54) is 11.8 Å². The zero-order chi connectivity index (χ0) is 10.3. The van der Waals surface area contributed by atoms with Crippen LogP contribution < -0.4 is 5.48 Å². The number of hydrogen-bond acceptors (Lipinski definition) is 6. The van der Waals surface area contributed by atoms with E-state index in [2.05, 4.69) is 0 Å². The minimum atomic E-state index is -0.561. The van der Waals surface area contributed by atoms with E-state index in [1.807, 2.05) is 6.26 Å². The molecule has 1 aliphatic rings. The molecule has 0 spiro atoms. The van der Waals surface area contributed by atoms with Gasteiger partial charge >= 0.3 is 0 Å². The monoisotopic (exact) mass is 209 g/mol. The van der Waals surface area contributed by atoms with Gasteiger partial charge in [0.15, 0.2) is 0 Å². The number of carbonyl (C=O) groups excluding carboxylic acids is 1. The summed E-state index contributed by atoms with van der Waals surface area (Å²) >= 11 is 1.42. The molecule has 0 radical (unpaired) electrons. The highest BCUT2D eigenvalue weighted by Gasteiger charge is 2.41. The number of ether oxygens (including phenoxy) is 1. The van der Waals surface area contributed by atoms with Gasteiger partial charge in [0.25, 0.3) is 5.91 Å². The molecule has 7 heteroatoms. The number of carbonyl (C=O) groups is 1. The van der Waals surface area contributed by atoms with Gasteiger partial charge in [0, 0.05) is 16.5 Å². The van der Waals surface area contributed by atoms with Crippen molar-refractivity contribution >= 4 is 17.7 Å². The average Bonchev–Trinajstić information content (AvgIpc) is 2.69. The van der Waals surface area contributed by atoms with Crippen LogP contribution in [0.3, 0.4) is 0 Å². The first-order valence-corrected chi connectivity index (χ1v) is 4.72. The lowest BCUT2D eigenvalue weighted by molar-refractivity contribution is -0.131. The zero-order valence-electron chi connectivity index (χ0n) is 7.11. The fraction of sp³-hybridized carbons (Fsp3) is 0.833. The van der Waals surface area contributed by atoms with E-state index >= 15 is 0 Å². The SMILES string of the molecule is CSC1(C(=O)NO)CCOC1.O=O. The molecule has 0 aromatic carbocycles. The highest BCUT2D eigenvalue weighted by molar-refractivity contribution is 8.00. The van der Waals surface area contributed by atoms with Crippen LogP contribution in [0.5, 0.6) is 0 Å². The Morgan fingerprint density at radius 1 is 1.62 bits per heavy atom. The smallest absolute Gasteiger partial charge is 0.262 e. The van der Waals surface area contributed by atoms with E-state index in [4.69, 9.17) is 19.9 Å². The van der Waals surface area contributed by atoms with Crippen molar-refractivity contribution in [2.45, 2.75) is 11.2 Å². The van der Waals surface area contributed by atoms with Crippen LogP contribution in [0.1, 0.15) is 6.42 Å². The Kier molecular flexibility index (Phi) is 5.60. The number of amides is 1. The summed E-state index contributed by atoms with van der Waals surface area (Å²) in [7, 11) is 0. The summed E-state index contributed by atoms with van der Waals surface area (Å²) in [5.41, 5.74) is 1.66. The van der Waals surface area contributed by atoms with Gasteiger partial charge in [-0.25, -0.2) is 5.48 Å².